The summed E-state index contributed by atoms with van der Waals surface area (Å²) in [5.74, 6) is -1.34. The highest BCUT2D eigenvalue weighted by Gasteiger charge is 2.48. The first-order valence-corrected chi connectivity index (χ1v) is 14.8. The molecule has 1 aliphatic carbocycles. The summed E-state index contributed by atoms with van der Waals surface area (Å²) in [6.07, 6.45) is 3.33. The second-order valence-electron chi connectivity index (χ2n) is 11.3. The molecule has 2 aliphatic rings. The highest BCUT2D eigenvalue weighted by atomic mass is 35.5. The number of amides is 3. The van der Waals surface area contributed by atoms with Crippen LogP contribution in [0.5, 0.6) is 0 Å². The normalized spacial score (nSPS) is 22.0. The van der Waals surface area contributed by atoms with Crippen LogP contribution in [0.2, 0.25) is 5.02 Å². The number of rotatable bonds is 9. The van der Waals surface area contributed by atoms with Crippen LogP contribution in [0, 0.1) is 0 Å². The van der Waals surface area contributed by atoms with E-state index in [2.05, 4.69) is 10.8 Å². The lowest BCUT2D eigenvalue weighted by molar-refractivity contribution is -0.138. The number of benzene rings is 3. The van der Waals surface area contributed by atoms with E-state index in [1.165, 1.54) is 0 Å². The van der Waals surface area contributed by atoms with Crippen LogP contribution >= 0.6 is 11.6 Å². The molecule has 4 atom stereocenters. The van der Waals surface area contributed by atoms with Gasteiger partial charge in [-0.15, -0.1) is 0 Å². The molecule has 0 unspecified atom stereocenters. The van der Waals surface area contributed by atoms with Crippen LogP contribution in [0.3, 0.4) is 0 Å². The van der Waals surface area contributed by atoms with Gasteiger partial charge in [0.2, 0.25) is 5.91 Å². The third-order valence-electron chi connectivity index (χ3n) is 8.02. The molecule has 8 nitrogen and oxygen atoms in total. The van der Waals surface area contributed by atoms with Crippen molar-refractivity contribution in [2.24, 2.45) is 0 Å². The Morgan fingerprint density at radius 2 is 1.64 bits per heavy atom. The summed E-state index contributed by atoms with van der Waals surface area (Å²) in [7, 11) is 3.70. The van der Waals surface area contributed by atoms with Gasteiger partial charge in [0.1, 0.15) is 0 Å². The molecule has 0 saturated heterocycles. The number of fused-ring (bicyclic) bond motifs is 1. The van der Waals surface area contributed by atoms with Crippen LogP contribution in [0.4, 0.5) is 0 Å². The minimum absolute atomic E-state index is 0.0894. The summed E-state index contributed by atoms with van der Waals surface area (Å²) in [6.45, 7) is 0.461. The average molecular weight is 589 g/mol. The Labute approximate surface area is 251 Å². The summed E-state index contributed by atoms with van der Waals surface area (Å²) in [5, 5.41) is 3.76. The number of nitrogens with zero attached hydrogens (tertiary/aromatic N) is 2. The molecule has 220 valence electrons. The lowest BCUT2D eigenvalue weighted by atomic mass is 9.76. The van der Waals surface area contributed by atoms with E-state index in [0.29, 0.717) is 22.6 Å². The zero-order valence-electron chi connectivity index (χ0n) is 24.0. The van der Waals surface area contributed by atoms with Crippen LogP contribution in [-0.4, -0.2) is 60.2 Å². The Hall–Kier alpha value is -3.72. The molecule has 0 radical (unpaired) electrons. The zero-order chi connectivity index (χ0) is 29.6. The third-order valence-corrected chi connectivity index (χ3v) is 8.27. The van der Waals surface area contributed by atoms with E-state index < -0.39 is 12.0 Å². The van der Waals surface area contributed by atoms with Gasteiger partial charge in [0.05, 0.1) is 31.2 Å². The van der Waals surface area contributed by atoms with Gasteiger partial charge in [0.25, 0.3) is 11.8 Å². The second kappa shape index (κ2) is 13.5. The maximum absolute atomic E-state index is 14.4. The van der Waals surface area contributed by atoms with Gasteiger partial charge in [-0.3, -0.25) is 19.2 Å². The molecule has 3 aromatic carbocycles. The summed E-state index contributed by atoms with van der Waals surface area (Å²) in [5.41, 5.74) is 5.51. The minimum atomic E-state index is -0.754. The SMILES string of the molecule is CN(C)CC(=O)N[C@H]1CCCC[C@@H]1N1C(=O)c2ccccc2[C@@H](C(=O)NOCc2ccccc2)[C@@H]1c1ccc(Cl)cc1. The maximum Gasteiger partial charge on any atom is 0.255 e. The molecule has 9 heteroatoms. The minimum Gasteiger partial charge on any atom is -0.350 e. The van der Waals surface area contributed by atoms with Crippen molar-refractivity contribution in [3.05, 3.63) is 106 Å². The van der Waals surface area contributed by atoms with Crippen LogP contribution < -0.4 is 10.8 Å². The Morgan fingerprint density at radius 1 is 0.952 bits per heavy atom. The number of hydrogen-bond acceptors (Lipinski definition) is 5. The molecule has 0 spiro atoms. The van der Waals surface area contributed by atoms with Crippen LogP contribution in [0.25, 0.3) is 0 Å². The highest BCUT2D eigenvalue weighted by Crippen LogP contribution is 2.46. The van der Waals surface area contributed by atoms with Crippen molar-refractivity contribution in [3.8, 4) is 0 Å². The fraction of sp³-hybridized carbons (Fsp3) is 0.364. The molecule has 5 rings (SSSR count). The van der Waals surface area contributed by atoms with Gasteiger partial charge in [-0.2, -0.15) is 0 Å². The van der Waals surface area contributed by atoms with Crippen molar-refractivity contribution < 1.29 is 19.2 Å². The van der Waals surface area contributed by atoms with Crippen LogP contribution in [0.15, 0.2) is 78.9 Å². The molecule has 0 aromatic heterocycles. The lowest BCUT2D eigenvalue weighted by Gasteiger charge is -2.49. The summed E-state index contributed by atoms with van der Waals surface area (Å²) < 4.78 is 0. The number of carbonyl (C=O) groups is 3. The third kappa shape index (κ3) is 6.67. The van der Waals surface area contributed by atoms with Crippen LogP contribution in [0.1, 0.15) is 64.7 Å². The Kier molecular flexibility index (Phi) is 9.57. The predicted octanol–water partition coefficient (Wildman–Crippen LogP) is 4.86. The molecule has 0 bridgehead atoms. The summed E-state index contributed by atoms with van der Waals surface area (Å²) >= 11 is 6.26. The quantitative estimate of drug-likeness (QED) is 0.349. The molecule has 3 amide bonds. The number of hydrogen-bond donors (Lipinski definition) is 2. The fourth-order valence-corrected chi connectivity index (χ4v) is 6.32. The van der Waals surface area contributed by atoms with Crippen LogP contribution in [-0.2, 0) is 21.0 Å². The smallest absolute Gasteiger partial charge is 0.255 e. The van der Waals surface area contributed by atoms with Crippen molar-refractivity contribution in [3.63, 3.8) is 0 Å². The Bertz CT molecular complexity index is 1400. The van der Waals surface area contributed by atoms with E-state index in [0.717, 1.165) is 30.4 Å². The summed E-state index contributed by atoms with van der Waals surface area (Å²) in [4.78, 5) is 50.6. The first-order chi connectivity index (χ1) is 20.3. The van der Waals surface area contributed by atoms with E-state index in [9.17, 15) is 14.4 Å². The molecule has 42 heavy (non-hydrogen) atoms. The number of nitrogens with one attached hydrogen (secondary N) is 2. The van der Waals surface area contributed by atoms with Crippen molar-refractivity contribution in [1.82, 2.24) is 20.6 Å². The Morgan fingerprint density at radius 3 is 2.38 bits per heavy atom. The van der Waals surface area contributed by atoms with Gasteiger partial charge < -0.3 is 15.1 Å². The molecule has 3 aromatic rings. The number of likely N-dealkylation sites (N-methyl/N-ethyl adjacent to an activating group) is 1. The molecule has 2 N–H and O–H groups in total. The number of hydroxylamine groups is 1. The van der Waals surface area contributed by atoms with E-state index in [1.54, 1.807) is 18.2 Å². The van der Waals surface area contributed by atoms with E-state index in [4.69, 9.17) is 16.4 Å². The highest BCUT2D eigenvalue weighted by molar-refractivity contribution is 6.30. The van der Waals surface area contributed by atoms with Crippen molar-refractivity contribution >= 4 is 29.3 Å². The van der Waals surface area contributed by atoms with Crippen molar-refractivity contribution in [1.29, 1.82) is 0 Å². The number of carbonyl (C=O) groups excluding carboxylic acids is 3. The molecule has 1 aliphatic heterocycles. The van der Waals surface area contributed by atoms with Gasteiger partial charge in [-0.25, -0.2) is 5.48 Å². The zero-order valence-corrected chi connectivity index (χ0v) is 24.7. The standard InChI is InChI=1S/C33H37ClN4O4/c1-37(2)20-29(39)35-27-14-8-9-15-28(27)38-31(23-16-18-24(34)19-17-23)30(25-12-6-7-13-26(25)33(38)41)32(40)36-42-21-22-10-4-3-5-11-22/h3-7,10-13,16-19,27-28,30-31H,8-9,14-15,20-21H2,1-2H3,(H,35,39)(H,36,40)/t27-,28-,30+,31-/m0/s1. The Balaban J connectivity index is 1.53. The van der Waals surface area contributed by atoms with Gasteiger partial charge in [0.15, 0.2) is 0 Å². The number of halogens is 1. The van der Waals surface area contributed by atoms with Gasteiger partial charge in [0, 0.05) is 16.6 Å². The fourth-order valence-electron chi connectivity index (χ4n) is 6.19. The molecule has 1 saturated carbocycles. The average Bonchev–Trinajstić information content (AvgIpc) is 2.98. The monoisotopic (exact) mass is 588 g/mol. The predicted molar refractivity (Wildman–Crippen MR) is 162 cm³/mol. The first kappa shape index (κ1) is 29.8. The summed E-state index contributed by atoms with van der Waals surface area (Å²) in [6, 6.07) is 23.0. The molecule has 1 heterocycles. The largest absolute Gasteiger partial charge is 0.350 e. The van der Waals surface area contributed by atoms with Gasteiger partial charge >= 0.3 is 0 Å². The van der Waals surface area contributed by atoms with Crippen molar-refractivity contribution in [2.45, 2.75) is 56.3 Å². The van der Waals surface area contributed by atoms with Crippen molar-refractivity contribution in [2.75, 3.05) is 20.6 Å². The second-order valence-corrected chi connectivity index (χ2v) is 11.7. The van der Waals surface area contributed by atoms with E-state index in [1.807, 2.05) is 84.6 Å². The molecule has 1 fully saturated rings. The van der Waals surface area contributed by atoms with Gasteiger partial charge in [-0.1, -0.05) is 85.1 Å². The molecular weight excluding hydrogens is 552 g/mol. The van der Waals surface area contributed by atoms with E-state index in [-0.39, 0.29) is 43.0 Å². The lowest BCUT2D eigenvalue weighted by Crippen LogP contribution is -2.59. The van der Waals surface area contributed by atoms with E-state index >= 15 is 0 Å². The maximum atomic E-state index is 14.4. The van der Waals surface area contributed by atoms with Gasteiger partial charge in [-0.05, 0) is 61.8 Å². The topological polar surface area (TPSA) is 91.0 Å². The molecular formula is C33H37ClN4O4. The first-order valence-electron chi connectivity index (χ1n) is 14.4.